The Labute approximate surface area is 196 Å². The van der Waals surface area contributed by atoms with Crippen LogP contribution in [0.5, 0.6) is 0 Å². The average molecular weight is 493 g/mol. The van der Waals surface area contributed by atoms with Crippen molar-refractivity contribution >= 4 is 61.6 Å². The van der Waals surface area contributed by atoms with Gasteiger partial charge in [-0.1, -0.05) is 43.9 Å². The zero-order valence-corrected chi connectivity index (χ0v) is 20.4. The van der Waals surface area contributed by atoms with Crippen molar-refractivity contribution < 1.29 is 13.2 Å². The molecule has 2 fully saturated rings. The van der Waals surface area contributed by atoms with Gasteiger partial charge in [-0.05, 0) is 37.0 Å². The molecular weight excluding hydrogens is 468 g/mol. The Hall–Kier alpha value is -2.24. The monoisotopic (exact) mass is 492 g/mol. The minimum atomic E-state index is -3.17. The molecule has 2 aliphatic heterocycles. The van der Waals surface area contributed by atoms with Crippen LogP contribution in [0.25, 0.3) is 11.7 Å². The lowest BCUT2D eigenvalue weighted by molar-refractivity contribution is -0.123. The van der Waals surface area contributed by atoms with Gasteiger partial charge in [0, 0.05) is 12.7 Å². The van der Waals surface area contributed by atoms with Gasteiger partial charge in [0.15, 0.2) is 9.84 Å². The Kier molecular flexibility index (Phi) is 6.17. The molecule has 0 aliphatic carbocycles. The highest BCUT2D eigenvalue weighted by Crippen LogP contribution is 2.36. The van der Waals surface area contributed by atoms with E-state index in [-0.39, 0.29) is 28.5 Å². The van der Waals surface area contributed by atoms with E-state index in [1.165, 1.54) is 15.4 Å². The summed E-state index contributed by atoms with van der Waals surface area (Å²) in [5.41, 5.74) is 1.38. The molecule has 1 amide bonds. The molecule has 11 heteroatoms. The van der Waals surface area contributed by atoms with Crippen LogP contribution in [0.2, 0.25) is 0 Å². The standard InChI is InChI=1S/C21H24N4O4S3/c1-12(2)10-22-17-15(19(26)24-7-4-5-13(3)18(24)23-17)9-16-20(27)25(21(30)31-16)14-6-8-32(28,29)11-14/h4-5,7,9,12,14,22H,6,8,10-11H2,1-3H3/b16-9-. The van der Waals surface area contributed by atoms with Crippen LogP contribution < -0.4 is 10.9 Å². The Bertz CT molecular complexity index is 1310. The molecule has 2 saturated heterocycles. The zero-order valence-electron chi connectivity index (χ0n) is 18.0. The van der Waals surface area contributed by atoms with Crippen molar-refractivity contribution in [3.05, 3.63) is 44.7 Å². The number of nitrogens with one attached hydrogen (secondary N) is 1. The number of fused-ring (bicyclic) bond motifs is 1. The summed E-state index contributed by atoms with van der Waals surface area (Å²) in [5.74, 6) is 0.319. The van der Waals surface area contributed by atoms with Crippen molar-refractivity contribution in [3.63, 3.8) is 0 Å². The first kappa shape index (κ1) is 22.9. The lowest BCUT2D eigenvalue weighted by Gasteiger charge is -2.20. The predicted molar refractivity (Wildman–Crippen MR) is 132 cm³/mol. The Balaban J connectivity index is 1.78. The number of amides is 1. The minimum absolute atomic E-state index is 0.0480. The van der Waals surface area contributed by atoms with Crippen LogP contribution in [0.3, 0.4) is 0 Å². The molecule has 170 valence electrons. The van der Waals surface area contributed by atoms with Gasteiger partial charge in [-0.2, -0.15) is 0 Å². The van der Waals surface area contributed by atoms with Crippen molar-refractivity contribution in [2.24, 2.45) is 5.92 Å². The van der Waals surface area contributed by atoms with Gasteiger partial charge in [0.1, 0.15) is 15.8 Å². The summed E-state index contributed by atoms with van der Waals surface area (Å²) < 4.78 is 25.6. The Morgan fingerprint density at radius 3 is 2.78 bits per heavy atom. The van der Waals surface area contributed by atoms with Crippen LogP contribution in [0.1, 0.15) is 31.4 Å². The summed E-state index contributed by atoms with van der Waals surface area (Å²) >= 11 is 6.47. The van der Waals surface area contributed by atoms with Gasteiger partial charge in [0.2, 0.25) is 0 Å². The number of nitrogens with zero attached hydrogens (tertiary/aromatic N) is 3. The van der Waals surface area contributed by atoms with E-state index in [9.17, 15) is 18.0 Å². The van der Waals surface area contributed by atoms with E-state index in [1.807, 2.05) is 26.8 Å². The SMILES string of the molecule is Cc1cccn2c(=O)c(/C=C3\SC(=S)N(C4CCS(=O)(=O)C4)C3=O)c(NCC(C)C)nc12. The fraction of sp³-hybridized carbons (Fsp3) is 0.429. The average Bonchev–Trinajstić information content (AvgIpc) is 3.20. The van der Waals surface area contributed by atoms with Crippen LogP contribution in [0, 0.1) is 12.8 Å². The second-order valence-electron chi connectivity index (χ2n) is 8.45. The van der Waals surface area contributed by atoms with Crippen molar-refractivity contribution in [2.45, 2.75) is 33.2 Å². The molecular formula is C21H24N4O4S3. The quantitative estimate of drug-likeness (QED) is 0.502. The Morgan fingerprint density at radius 1 is 1.38 bits per heavy atom. The first-order chi connectivity index (χ1) is 15.1. The van der Waals surface area contributed by atoms with Crippen molar-refractivity contribution in [1.29, 1.82) is 0 Å². The molecule has 2 aliphatic rings. The van der Waals surface area contributed by atoms with Crippen molar-refractivity contribution in [1.82, 2.24) is 14.3 Å². The molecule has 1 unspecified atom stereocenters. The van der Waals surface area contributed by atoms with Gasteiger partial charge in [0.05, 0.1) is 28.0 Å². The number of carbonyl (C=O) groups excluding carboxylic acids is 1. The maximum absolute atomic E-state index is 13.3. The molecule has 0 radical (unpaired) electrons. The van der Waals surface area contributed by atoms with Gasteiger partial charge in [-0.3, -0.25) is 18.9 Å². The maximum Gasteiger partial charge on any atom is 0.267 e. The van der Waals surface area contributed by atoms with Gasteiger partial charge in [-0.25, -0.2) is 13.4 Å². The molecule has 4 heterocycles. The fourth-order valence-electron chi connectivity index (χ4n) is 3.78. The lowest BCUT2D eigenvalue weighted by Crippen LogP contribution is -2.39. The number of thiocarbonyl (C=S) groups is 1. The molecule has 0 saturated carbocycles. The van der Waals surface area contributed by atoms with E-state index in [2.05, 4.69) is 10.3 Å². The van der Waals surface area contributed by atoms with Crippen LogP contribution >= 0.6 is 24.0 Å². The van der Waals surface area contributed by atoms with Gasteiger partial charge >= 0.3 is 0 Å². The largest absolute Gasteiger partial charge is 0.369 e. The minimum Gasteiger partial charge on any atom is -0.369 e. The second kappa shape index (κ2) is 8.60. The number of pyridine rings is 1. The molecule has 2 aromatic heterocycles. The first-order valence-corrected chi connectivity index (χ1v) is 13.4. The first-order valence-electron chi connectivity index (χ1n) is 10.3. The molecule has 1 N–H and O–H groups in total. The smallest absolute Gasteiger partial charge is 0.267 e. The van der Waals surface area contributed by atoms with Crippen molar-refractivity contribution in [3.8, 4) is 0 Å². The maximum atomic E-state index is 13.3. The number of rotatable bonds is 5. The summed E-state index contributed by atoms with van der Waals surface area (Å²) in [5, 5.41) is 3.23. The van der Waals surface area contributed by atoms with E-state index in [4.69, 9.17) is 12.2 Å². The fourth-order valence-corrected chi connectivity index (χ4v) is 6.86. The molecule has 8 nitrogen and oxygen atoms in total. The summed E-state index contributed by atoms with van der Waals surface area (Å²) in [7, 11) is -3.17. The molecule has 0 aromatic carbocycles. The van der Waals surface area contributed by atoms with Gasteiger partial charge in [0.25, 0.3) is 11.5 Å². The van der Waals surface area contributed by atoms with Crippen molar-refractivity contribution in [2.75, 3.05) is 23.4 Å². The van der Waals surface area contributed by atoms with E-state index >= 15 is 0 Å². The third-order valence-corrected chi connectivity index (χ3v) is 8.52. The highest BCUT2D eigenvalue weighted by molar-refractivity contribution is 8.26. The molecule has 1 atom stereocenters. The van der Waals surface area contributed by atoms with E-state index in [1.54, 1.807) is 12.3 Å². The predicted octanol–water partition coefficient (Wildman–Crippen LogP) is 2.46. The zero-order chi connectivity index (χ0) is 23.2. The molecule has 0 spiro atoms. The van der Waals surface area contributed by atoms with E-state index < -0.39 is 15.9 Å². The summed E-state index contributed by atoms with van der Waals surface area (Å²) in [4.78, 5) is 32.8. The number of hydrogen-bond acceptors (Lipinski definition) is 8. The molecule has 0 bridgehead atoms. The number of thioether (sulfide) groups is 1. The van der Waals surface area contributed by atoms with E-state index in [0.29, 0.717) is 39.6 Å². The lowest BCUT2D eigenvalue weighted by atomic mass is 10.2. The third-order valence-electron chi connectivity index (χ3n) is 5.43. The van der Waals surface area contributed by atoms with Crippen LogP contribution in [-0.2, 0) is 14.6 Å². The van der Waals surface area contributed by atoms with Crippen LogP contribution in [-0.4, -0.2) is 57.0 Å². The summed E-state index contributed by atoms with van der Waals surface area (Å²) in [6.07, 6.45) is 3.54. The Morgan fingerprint density at radius 2 is 2.12 bits per heavy atom. The number of aromatic nitrogens is 2. The highest BCUT2D eigenvalue weighted by Gasteiger charge is 2.42. The molecule has 2 aromatic rings. The summed E-state index contributed by atoms with van der Waals surface area (Å²) in [6, 6.07) is 3.20. The van der Waals surface area contributed by atoms with Crippen LogP contribution in [0.15, 0.2) is 28.0 Å². The molecule has 4 rings (SSSR count). The van der Waals surface area contributed by atoms with Crippen LogP contribution in [0.4, 0.5) is 5.82 Å². The normalized spacial score (nSPS) is 21.9. The highest BCUT2D eigenvalue weighted by atomic mass is 32.2. The topological polar surface area (TPSA) is 101 Å². The second-order valence-corrected chi connectivity index (χ2v) is 12.4. The summed E-state index contributed by atoms with van der Waals surface area (Å²) in [6.45, 7) is 6.59. The number of anilines is 1. The number of sulfone groups is 1. The van der Waals surface area contributed by atoms with Gasteiger partial charge in [-0.15, -0.1) is 0 Å². The van der Waals surface area contributed by atoms with Gasteiger partial charge < -0.3 is 5.32 Å². The van der Waals surface area contributed by atoms with E-state index in [0.717, 1.165) is 17.3 Å². The number of aryl methyl sites for hydroxylation is 1. The molecule has 32 heavy (non-hydrogen) atoms. The number of carbonyl (C=O) groups is 1. The number of hydrogen-bond donors (Lipinski definition) is 1. The third kappa shape index (κ3) is 4.33.